The maximum atomic E-state index is 13.1. The van der Waals surface area contributed by atoms with Crippen LogP contribution in [0.2, 0.25) is 0 Å². The molecule has 3 rings (SSSR count). The molecule has 0 spiro atoms. The Balaban J connectivity index is 1.60. The number of likely N-dealkylation sites (tertiary alicyclic amines) is 1. The molecule has 2 heterocycles. The summed E-state index contributed by atoms with van der Waals surface area (Å²) < 4.78 is 13.1. The quantitative estimate of drug-likeness (QED) is 0.833. The van der Waals surface area contributed by atoms with Crippen LogP contribution in [0.4, 0.5) is 4.39 Å². The lowest BCUT2D eigenvalue weighted by molar-refractivity contribution is -0.130. The first-order valence-electron chi connectivity index (χ1n) is 9.06. The van der Waals surface area contributed by atoms with E-state index in [1.165, 1.54) is 12.1 Å². The van der Waals surface area contributed by atoms with Gasteiger partial charge in [0.05, 0.1) is 12.3 Å². The molecule has 1 atom stereocenters. The number of H-pyrrole nitrogens is 1. The fraction of sp³-hybridized carbons (Fsp3) is 0.500. The van der Waals surface area contributed by atoms with Crippen LogP contribution in [0.25, 0.3) is 0 Å². The van der Waals surface area contributed by atoms with Crippen LogP contribution in [0.3, 0.4) is 0 Å². The van der Waals surface area contributed by atoms with E-state index in [4.69, 9.17) is 0 Å². The van der Waals surface area contributed by atoms with Gasteiger partial charge >= 0.3 is 0 Å². The summed E-state index contributed by atoms with van der Waals surface area (Å²) in [5.74, 6) is -0.153. The highest BCUT2D eigenvalue weighted by Gasteiger charge is 2.39. The molecule has 6 heteroatoms. The van der Waals surface area contributed by atoms with E-state index in [0.717, 1.165) is 28.9 Å². The van der Waals surface area contributed by atoms with Crippen LogP contribution in [0.1, 0.15) is 35.4 Å². The molecular formula is C20H26FN3O2. The molecule has 1 fully saturated rings. The monoisotopic (exact) mass is 359 g/mol. The molecule has 2 N–H and O–H groups in total. The summed E-state index contributed by atoms with van der Waals surface area (Å²) in [7, 11) is 0. The van der Waals surface area contributed by atoms with Gasteiger partial charge in [-0.15, -0.1) is 0 Å². The van der Waals surface area contributed by atoms with Gasteiger partial charge in [-0.2, -0.15) is 5.10 Å². The van der Waals surface area contributed by atoms with E-state index in [1.807, 2.05) is 18.7 Å². The number of carbonyl (C=O) groups is 1. The maximum Gasteiger partial charge on any atom is 0.222 e. The third-order valence-electron chi connectivity index (χ3n) is 5.49. The van der Waals surface area contributed by atoms with Crippen LogP contribution in [0.5, 0.6) is 0 Å². The number of carbonyl (C=O) groups excluding carboxylic acids is 1. The summed E-state index contributed by atoms with van der Waals surface area (Å²) in [6.07, 6.45) is 2.52. The van der Waals surface area contributed by atoms with Crippen molar-refractivity contribution in [2.75, 3.05) is 19.7 Å². The largest absolute Gasteiger partial charge is 0.396 e. The second-order valence-electron chi connectivity index (χ2n) is 7.44. The summed E-state index contributed by atoms with van der Waals surface area (Å²) in [4.78, 5) is 14.5. The van der Waals surface area contributed by atoms with Crippen molar-refractivity contribution in [2.24, 2.45) is 5.41 Å². The number of aliphatic hydroxyl groups excluding tert-OH is 1. The Kier molecular flexibility index (Phi) is 5.41. The number of aliphatic hydroxyl groups is 1. The number of nitrogens with one attached hydrogen (secondary N) is 1. The molecule has 1 unspecified atom stereocenters. The highest BCUT2D eigenvalue weighted by atomic mass is 19.1. The molecule has 1 amide bonds. The van der Waals surface area contributed by atoms with Gasteiger partial charge in [-0.05, 0) is 56.4 Å². The first-order chi connectivity index (χ1) is 12.4. The Morgan fingerprint density at radius 1 is 1.35 bits per heavy atom. The number of halogens is 1. The zero-order valence-corrected chi connectivity index (χ0v) is 15.4. The highest BCUT2D eigenvalue weighted by molar-refractivity contribution is 5.77. The van der Waals surface area contributed by atoms with E-state index in [9.17, 15) is 14.3 Å². The van der Waals surface area contributed by atoms with Crippen molar-refractivity contribution in [2.45, 2.75) is 39.5 Å². The van der Waals surface area contributed by atoms with Crippen LogP contribution in [0.15, 0.2) is 24.3 Å². The Bertz CT molecular complexity index is 752. The summed E-state index contributed by atoms with van der Waals surface area (Å²) >= 11 is 0. The van der Waals surface area contributed by atoms with Crippen molar-refractivity contribution in [3.8, 4) is 0 Å². The average molecular weight is 359 g/mol. The Hall–Kier alpha value is -2.21. The van der Waals surface area contributed by atoms with Crippen molar-refractivity contribution >= 4 is 5.91 Å². The summed E-state index contributed by atoms with van der Waals surface area (Å²) in [5.41, 5.74) is 3.71. The minimum absolute atomic E-state index is 0.0219. The normalized spacial score (nSPS) is 19.9. The SMILES string of the molecule is Cc1n[nH]c(C)c1CCC(=O)N1CCC(CO)(Cc2ccc(F)cc2)C1. The van der Waals surface area contributed by atoms with E-state index in [0.29, 0.717) is 32.4 Å². The highest BCUT2D eigenvalue weighted by Crippen LogP contribution is 2.34. The van der Waals surface area contributed by atoms with E-state index in [-0.39, 0.29) is 23.7 Å². The molecule has 0 radical (unpaired) electrons. The number of aromatic amines is 1. The van der Waals surface area contributed by atoms with Gasteiger partial charge in [0.25, 0.3) is 0 Å². The third kappa shape index (κ3) is 3.96. The van der Waals surface area contributed by atoms with Crippen molar-refractivity contribution < 1.29 is 14.3 Å². The van der Waals surface area contributed by atoms with Gasteiger partial charge in [0, 0.05) is 30.6 Å². The lowest BCUT2D eigenvalue weighted by Gasteiger charge is -2.27. The molecule has 1 aromatic heterocycles. The third-order valence-corrected chi connectivity index (χ3v) is 5.49. The van der Waals surface area contributed by atoms with E-state index in [2.05, 4.69) is 10.2 Å². The summed E-state index contributed by atoms with van der Waals surface area (Å²) in [5, 5.41) is 17.1. The number of amides is 1. The number of hydrogen-bond donors (Lipinski definition) is 2. The van der Waals surface area contributed by atoms with Gasteiger partial charge < -0.3 is 10.0 Å². The Labute approximate surface area is 153 Å². The van der Waals surface area contributed by atoms with Gasteiger partial charge in [-0.3, -0.25) is 9.89 Å². The number of aromatic nitrogens is 2. The molecule has 140 valence electrons. The Morgan fingerprint density at radius 3 is 2.69 bits per heavy atom. The van der Waals surface area contributed by atoms with Crippen molar-refractivity contribution in [1.82, 2.24) is 15.1 Å². The number of aryl methyl sites for hydroxylation is 2. The van der Waals surface area contributed by atoms with Crippen LogP contribution >= 0.6 is 0 Å². The molecule has 1 aromatic carbocycles. The molecule has 0 bridgehead atoms. The molecule has 0 aliphatic carbocycles. The molecule has 1 aliphatic rings. The van der Waals surface area contributed by atoms with Gasteiger partial charge in [0.1, 0.15) is 5.82 Å². The topological polar surface area (TPSA) is 69.2 Å². The predicted octanol–water partition coefficient (Wildman–Crippen LogP) is 2.55. The summed E-state index contributed by atoms with van der Waals surface area (Å²) in [6, 6.07) is 6.38. The van der Waals surface area contributed by atoms with Crippen LogP contribution in [0, 0.1) is 25.1 Å². The smallest absolute Gasteiger partial charge is 0.222 e. The number of nitrogens with zero attached hydrogens (tertiary/aromatic N) is 2. The zero-order chi connectivity index (χ0) is 18.7. The predicted molar refractivity (Wildman–Crippen MR) is 97.2 cm³/mol. The van der Waals surface area contributed by atoms with E-state index >= 15 is 0 Å². The van der Waals surface area contributed by atoms with Crippen molar-refractivity contribution in [3.05, 3.63) is 52.6 Å². The summed E-state index contributed by atoms with van der Waals surface area (Å²) in [6.45, 7) is 5.13. The Morgan fingerprint density at radius 2 is 2.08 bits per heavy atom. The zero-order valence-electron chi connectivity index (χ0n) is 15.4. The molecule has 1 aliphatic heterocycles. The number of rotatable bonds is 6. The molecule has 0 saturated carbocycles. The molecular weight excluding hydrogens is 333 g/mol. The van der Waals surface area contributed by atoms with Gasteiger partial charge in [0.15, 0.2) is 0 Å². The fourth-order valence-corrected chi connectivity index (χ4v) is 3.84. The molecule has 1 saturated heterocycles. The van der Waals surface area contributed by atoms with Crippen LogP contribution in [-0.4, -0.2) is 45.8 Å². The lowest BCUT2D eigenvalue weighted by Crippen LogP contribution is -2.35. The lowest BCUT2D eigenvalue weighted by atomic mass is 9.81. The first kappa shape index (κ1) is 18.6. The fourth-order valence-electron chi connectivity index (χ4n) is 3.84. The molecule has 2 aromatic rings. The van der Waals surface area contributed by atoms with Gasteiger partial charge in [-0.1, -0.05) is 12.1 Å². The molecule has 5 nitrogen and oxygen atoms in total. The second kappa shape index (κ2) is 7.58. The number of benzene rings is 1. The van der Waals surface area contributed by atoms with E-state index in [1.54, 1.807) is 12.1 Å². The second-order valence-corrected chi connectivity index (χ2v) is 7.44. The number of hydrogen-bond acceptors (Lipinski definition) is 3. The van der Waals surface area contributed by atoms with Crippen LogP contribution < -0.4 is 0 Å². The molecule has 26 heavy (non-hydrogen) atoms. The van der Waals surface area contributed by atoms with Crippen molar-refractivity contribution in [1.29, 1.82) is 0 Å². The average Bonchev–Trinajstić information content (AvgIpc) is 3.20. The first-order valence-corrected chi connectivity index (χ1v) is 9.06. The van der Waals surface area contributed by atoms with Gasteiger partial charge in [-0.25, -0.2) is 4.39 Å². The standard InChI is InChI=1S/C20H26FN3O2/c1-14-18(15(2)23-22-14)7-8-19(26)24-10-9-20(12-24,13-25)11-16-3-5-17(21)6-4-16/h3-6,25H,7-13H2,1-2H3,(H,22,23). The maximum absolute atomic E-state index is 13.1. The minimum atomic E-state index is -0.338. The van der Waals surface area contributed by atoms with Crippen molar-refractivity contribution in [3.63, 3.8) is 0 Å². The van der Waals surface area contributed by atoms with Crippen LogP contribution in [-0.2, 0) is 17.6 Å². The van der Waals surface area contributed by atoms with Gasteiger partial charge in [0.2, 0.25) is 5.91 Å². The minimum Gasteiger partial charge on any atom is -0.396 e. The van der Waals surface area contributed by atoms with E-state index < -0.39 is 0 Å².